The van der Waals surface area contributed by atoms with E-state index in [0.29, 0.717) is 17.3 Å². The van der Waals surface area contributed by atoms with E-state index in [0.717, 1.165) is 11.6 Å². The van der Waals surface area contributed by atoms with Crippen LogP contribution in [-0.4, -0.2) is 23.5 Å². The number of aromatic nitrogens is 2. The Kier molecular flexibility index (Phi) is 4.98. The molecular formula is C20H14N4O5S. The molecule has 0 radical (unpaired) electrons. The molecular weight excluding hydrogens is 408 g/mol. The molecule has 0 fully saturated rings. The molecule has 30 heavy (non-hydrogen) atoms. The number of rotatable bonds is 6. The van der Waals surface area contributed by atoms with Gasteiger partial charge in [-0.15, -0.1) is 10.2 Å². The second kappa shape index (κ2) is 7.76. The van der Waals surface area contributed by atoms with Gasteiger partial charge in [-0.1, -0.05) is 24.3 Å². The predicted molar refractivity (Wildman–Crippen MR) is 109 cm³/mol. The van der Waals surface area contributed by atoms with Gasteiger partial charge >= 0.3 is 0 Å². The number of hydrogen-bond acceptors (Lipinski definition) is 7. The van der Waals surface area contributed by atoms with Crippen LogP contribution < -0.4 is 4.72 Å². The zero-order valence-corrected chi connectivity index (χ0v) is 16.1. The summed E-state index contributed by atoms with van der Waals surface area (Å²) in [6.45, 7) is 0. The van der Waals surface area contributed by atoms with Crippen LogP contribution in [0.2, 0.25) is 0 Å². The highest BCUT2D eigenvalue weighted by Gasteiger charge is 2.18. The van der Waals surface area contributed by atoms with Gasteiger partial charge in [0.25, 0.3) is 15.7 Å². The van der Waals surface area contributed by atoms with Gasteiger partial charge in [-0.3, -0.25) is 14.8 Å². The van der Waals surface area contributed by atoms with Crippen molar-refractivity contribution in [2.24, 2.45) is 0 Å². The molecule has 0 saturated carbocycles. The Labute approximate surface area is 171 Å². The lowest BCUT2D eigenvalue weighted by Crippen LogP contribution is -2.13. The van der Waals surface area contributed by atoms with Crippen LogP contribution in [0.4, 0.5) is 11.4 Å². The highest BCUT2D eigenvalue weighted by atomic mass is 32.2. The fourth-order valence-corrected chi connectivity index (χ4v) is 3.79. The van der Waals surface area contributed by atoms with Gasteiger partial charge < -0.3 is 4.42 Å². The minimum Gasteiger partial charge on any atom is -0.416 e. The molecule has 0 spiro atoms. The number of hydrogen-bond donors (Lipinski definition) is 1. The van der Waals surface area contributed by atoms with Crippen LogP contribution in [-0.2, 0) is 10.0 Å². The Bertz CT molecular complexity index is 1300. The quantitative estimate of drug-likeness (QED) is 0.366. The number of nitrogens with one attached hydrogen (secondary N) is 1. The summed E-state index contributed by atoms with van der Waals surface area (Å²) in [6.07, 6.45) is 0. The van der Waals surface area contributed by atoms with E-state index in [2.05, 4.69) is 14.9 Å². The molecule has 10 heteroatoms. The third kappa shape index (κ3) is 4.03. The van der Waals surface area contributed by atoms with Crippen LogP contribution in [0.3, 0.4) is 0 Å². The van der Waals surface area contributed by atoms with Crippen molar-refractivity contribution in [3.05, 3.63) is 89.0 Å². The van der Waals surface area contributed by atoms with Crippen molar-refractivity contribution >= 4 is 21.4 Å². The van der Waals surface area contributed by atoms with E-state index in [9.17, 15) is 18.5 Å². The second-order valence-corrected chi connectivity index (χ2v) is 7.90. The number of non-ortho nitro benzene ring substituents is 1. The molecule has 1 heterocycles. The molecule has 0 atom stereocenters. The first-order valence-electron chi connectivity index (χ1n) is 8.69. The first kappa shape index (κ1) is 19.3. The van der Waals surface area contributed by atoms with Crippen LogP contribution in [0, 0.1) is 10.1 Å². The molecule has 0 amide bonds. The van der Waals surface area contributed by atoms with Crippen molar-refractivity contribution in [2.75, 3.05) is 4.72 Å². The van der Waals surface area contributed by atoms with Crippen molar-refractivity contribution in [2.45, 2.75) is 4.90 Å². The zero-order valence-electron chi connectivity index (χ0n) is 15.3. The van der Waals surface area contributed by atoms with Gasteiger partial charge in [0.05, 0.1) is 9.82 Å². The number of benzene rings is 3. The van der Waals surface area contributed by atoms with Gasteiger partial charge in [0.15, 0.2) is 0 Å². The maximum absolute atomic E-state index is 12.5. The molecule has 0 aliphatic carbocycles. The molecule has 1 aromatic heterocycles. The van der Waals surface area contributed by atoms with Crippen molar-refractivity contribution in [3.8, 4) is 22.9 Å². The van der Waals surface area contributed by atoms with Crippen molar-refractivity contribution in [1.29, 1.82) is 0 Å². The average molecular weight is 422 g/mol. The first-order chi connectivity index (χ1) is 14.4. The summed E-state index contributed by atoms with van der Waals surface area (Å²) in [6, 6.07) is 20.5. The number of nitrogens with zero attached hydrogens (tertiary/aromatic N) is 3. The van der Waals surface area contributed by atoms with Gasteiger partial charge in [0, 0.05) is 28.9 Å². The number of anilines is 1. The molecule has 3 aromatic carbocycles. The van der Waals surface area contributed by atoms with E-state index >= 15 is 0 Å². The lowest BCUT2D eigenvalue weighted by Gasteiger charge is -2.08. The SMILES string of the molecule is O=[N+]([O-])c1cccc(S(=O)(=O)Nc2ccc(-c3nnc(-c4ccccc4)o3)cc2)c1. The summed E-state index contributed by atoms with van der Waals surface area (Å²) in [5, 5.41) is 18.9. The third-order valence-electron chi connectivity index (χ3n) is 4.17. The van der Waals surface area contributed by atoms with Gasteiger partial charge in [0.2, 0.25) is 11.8 Å². The monoisotopic (exact) mass is 422 g/mol. The van der Waals surface area contributed by atoms with Crippen molar-refractivity contribution in [1.82, 2.24) is 10.2 Å². The van der Waals surface area contributed by atoms with Gasteiger partial charge in [-0.05, 0) is 42.5 Å². The highest BCUT2D eigenvalue weighted by Crippen LogP contribution is 2.26. The normalized spacial score (nSPS) is 11.2. The summed E-state index contributed by atoms with van der Waals surface area (Å²) in [7, 11) is -3.98. The molecule has 0 aliphatic rings. The summed E-state index contributed by atoms with van der Waals surface area (Å²) < 4.78 is 33.1. The number of nitro groups is 1. The van der Waals surface area contributed by atoms with E-state index < -0.39 is 14.9 Å². The van der Waals surface area contributed by atoms with Gasteiger partial charge in [-0.25, -0.2) is 8.42 Å². The van der Waals surface area contributed by atoms with E-state index in [4.69, 9.17) is 4.42 Å². The zero-order chi connectivity index (χ0) is 21.1. The van der Waals surface area contributed by atoms with Crippen molar-refractivity contribution in [3.63, 3.8) is 0 Å². The minimum atomic E-state index is -3.98. The maximum Gasteiger partial charge on any atom is 0.270 e. The summed E-state index contributed by atoms with van der Waals surface area (Å²) in [5.41, 5.74) is 1.38. The molecule has 0 unspecified atom stereocenters. The fourth-order valence-electron chi connectivity index (χ4n) is 2.70. The maximum atomic E-state index is 12.5. The van der Waals surface area contributed by atoms with Crippen LogP contribution in [0.15, 0.2) is 88.2 Å². The third-order valence-corrected chi connectivity index (χ3v) is 5.55. The van der Waals surface area contributed by atoms with Crippen LogP contribution >= 0.6 is 0 Å². The fraction of sp³-hybridized carbons (Fsp3) is 0. The van der Waals surface area contributed by atoms with Crippen LogP contribution in [0.1, 0.15) is 0 Å². The van der Waals surface area contributed by atoms with E-state index in [1.54, 1.807) is 12.1 Å². The summed E-state index contributed by atoms with van der Waals surface area (Å²) in [5.74, 6) is 0.669. The van der Waals surface area contributed by atoms with Crippen molar-refractivity contribution < 1.29 is 17.8 Å². The molecule has 1 N–H and O–H groups in total. The summed E-state index contributed by atoms with van der Waals surface area (Å²) in [4.78, 5) is 10.0. The smallest absolute Gasteiger partial charge is 0.270 e. The second-order valence-electron chi connectivity index (χ2n) is 6.22. The standard InChI is InChI=1S/C20H14N4O5S/c25-24(26)17-7-4-8-18(13-17)30(27,28)23-16-11-9-15(10-12-16)20-22-21-19(29-20)14-5-2-1-3-6-14/h1-13,23H. The van der Waals surface area contributed by atoms with E-state index in [1.165, 1.54) is 30.3 Å². The number of sulfonamides is 1. The molecule has 4 aromatic rings. The predicted octanol–water partition coefficient (Wildman–Crippen LogP) is 4.11. The molecule has 4 rings (SSSR count). The van der Waals surface area contributed by atoms with Crippen LogP contribution in [0.5, 0.6) is 0 Å². The van der Waals surface area contributed by atoms with Gasteiger partial charge in [0.1, 0.15) is 0 Å². The topological polar surface area (TPSA) is 128 Å². The number of nitro benzene ring substituents is 1. The molecule has 0 saturated heterocycles. The molecule has 9 nitrogen and oxygen atoms in total. The first-order valence-corrected chi connectivity index (χ1v) is 10.2. The molecule has 0 aliphatic heterocycles. The Balaban J connectivity index is 1.54. The molecule has 0 bridgehead atoms. The Morgan fingerprint density at radius 1 is 0.833 bits per heavy atom. The van der Waals surface area contributed by atoms with E-state index in [1.807, 2.05) is 30.3 Å². The minimum absolute atomic E-state index is 0.204. The van der Waals surface area contributed by atoms with Crippen LogP contribution in [0.25, 0.3) is 22.9 Å². The summed E-state index contributed by atoms with van der Waals surface area (Å²) >= 11 is 0. The van der Waals surface area contributed by atoms with E-state index in [-0.39, 0.29) is 16.3 Å². The largest absolute Gasteiger partial charge is 0.416 e. The van der Waals surface area contributed by atoms with Gasteiger partial charge in [-0.2, -0.15) is 0 Å². The lowest BCUT2D eigenvalue weighted by molar-refractivity contribution is -0.385. The molecule has 150 valence electrons. The lowest BCUT2D eigenvalue weighted by atomic mass is 10.2. The highest BCUT2D eigenvalue weighted by molar-refractivity contribution is 7.92. The average Bonchev–Trinajstić information content (AvgIpc) is 3.25. The Hall–Kier alpha value is -4.05. The Morgan fingerprint density at radius 3 is 2.10 bits per heavy atom. The Morgan fingerprint density at radius 2 is 1.47 bits per heavy atom.